The van der Waals surface area contributed by atoms with Crippen LogP contribution in [0.5, 0.6) is 0 Å². The highest BCUT2D eigenvalue weighted by Gasteiger charge is 2.14. The van der Waals surface area contributed by atoms with Crippen LogP contribution in [0.3, 0.4) is 0 Å². The number of amides is 1. The molecule has 0 saturated carbocycles. The Morgan fingerprint density at radius 1 is 1.35 bits per heavy atom. The first kappa shape index (κ1) is 11.2. The van der Waals surface area contributed by atoms with E-state index >= 15 is 0 Å². The Hall–Kier alpha value is -2.30. The summed E-state index contributed by atoms with van der Waals surface area (Å²) in [4.78, 5) is 20.7. The number of hydrogen-bond acceptors (Lipinski definition) is 3. The highest BCUT2D eigenvalue weighted by molar-refractivity contribution is 6.05. The molecule has 0 saturated heterocycles. The van der Waals surface area contributed by atoms with Crippen LogP contribution < -0.4 is 4.90 Å². The minimum absolute atomic E-state index is 0.254. The average molecular weight is 231 g/mol. The summed E-state index contributed by atoms with van der Waals surface area (Å²) < 4.78 is 12.9. The maximum absolute atomic E-state index is 12.9. The van der Waals surface area contributed by atoms with E-state index < -0.39 is 5.95 Å². The number of nitrogens with zero attached hydrogens (tertiary/aromatic N) is 3. The summed E-state index contributed by atoms with van der Waals surface area (Å²) in [5, 5.41) is 0. The van der Waals surface area contributed by atoms with Crippen molar-refractivity contribution >= 4 is 11.6 Å². The molecular formula is C12H10FN3O. The highest BCUT2D eigenvalue weighted by atomic mass is 19.1. The van der Waals surface area contributed by atoms with E-state index in [4.69, 9.17) is 0 Å². The van der Waals surface area contributed by atoms with Crippen molar-refractivity contribution in [3.05, 3.63) is 54.4 Å². The van der Waals surface area contributed by atoms with E-state index in [1.807, 2.05) is 0 Å². The van der Waals surface area contributed by atoms with Crippen LogP contribution in [0.1, 0.15) is 10.4 Å². The lowest BCUT2D eigenvalue weighted by molar-refractivity contribution is 0.0992. The Bertz CT molecular complexity index is 530. The highest BCUT2D eigenvalue weighted by Crippen LogP contribution is 2.13. The average Bonchev–Trinajstić information content (AvgIpc) is 2.38. The lowest BCUT2D eigenvalue weighted by atomic mass is 10.2. The second-order valence-electron chi connectivity index (χ2n) is 3.44. The van der Waals surface area contributed by atoms with Gasteiger partial charge in [-0.25, -0.2) is 4.98 Å². The van der Waals surface area contributed by atoms with Crippen LogP contribution in [0.4, 0.5) is 10.1 Å². The van der Waals surface area contributed by atoms with Crippen LogP contribution in [-0.4, -0.2) is 22.9 Å². The van der Waals surface area contributed by atoms with E-state index in [9.17, 15) is 9.18 Å². The second-order valence-corrected chi connectivity index (χ2v) is 3.44. The van der Waals surface area contributed by atoms with Crippen molar-refractivity contribution < 1.29 is 9.18 Å². The number of aromatic nitrogens is 2. The quantitative estimate of drug-likeness (QED) is 0.741. The van der Waals surface area contributed by atoms with E-state index in [0.29, 0.717) is 5.69 Å². The summed E-state index contributed by atoms with van der Waals surface area (Å²) in [7, 11) is 1.61. The van der Waals surface area contributed by atoms with Gasteiger partial charge in [0, 0.05) is 31.1 Å². The summed E-state index contributed by atoms with van der Waals surface area (Å²) in [6, 6.07) is 6.06. The molecule has 4 nitrogen and oxygen atoms in total. The fourth-order valence-electron chi connectivity index (χ4n) is 1.40. The first-order valence-corrected chi connectivity index (χ1v) is 4.98. The van der Waals surface area contributed by atoms with Crippen molar-refractivity contribution in [3.63, 3.8) is 0 Å². The third kappa shape index (κ3) is 2.44. The minimum atomic E-state index is -0.671. The number of rotatable bonds is 2. The molecule has 0 aromatic carbocycles. The third-order valence-corrected chi connectivity index (χ3v) is 2.31. The minimum Gasteiger partial charge on any atom is -0.310 e. The van der Waals surface area contributed by atoms with E-state index in [2.05, 4.69) is 9.97 Å². The Balaban J connectivity index is 2.27. The summed E-state index contributed by atoms with van der Waals surface area (Å²) in [6.45, 7) is 0. The Labute approximate surface area is 97.7 Å². The zero-order chi connectivity index (χ0) is 12.3. The molecule has 0 aliphatic carbocycles. The molecule has 86 valence electrons. The number of halogens is 1. The van der Waals surface area contributed by atoms with Crippen molar-refractivity contribution in [3.8, 4) is 0 Å². The van der Waals surface area contributed by atoms with Gasteiger partial charge < -0.3 is 4.90 Å². The van der Waals surface area contributed by atoms with E-state index in [1.165, 1.54) is 17.2 Å². The van der Waals surface area contributed by atoms with Gasteiger partial charge in [-0.1, -0.05) is 0 Å². The molecule has 2 aromatic rings. The van der Waals surface area contributed by atoms with Gasteiger partial charge in [-0.2, -0.15) is 4.39 Å². The van der Waals surface area contributed by atoms with Crippen LogP contribution in [0.25, 0.3) is 0 Å². The van der Waals surface area contributed by atoms with Crippen LogP contribution in [0.15, 0.2) is 42.9 Å². The predicted octanol–water partition coefficient (Wildman–Crippen LogP) is 1.89. The Morgan fingerprint density at radius 3 is 2.82 bits per heavy atom. The normalized spacial score (nSPS) is 10.0. The molecule has 0 atom stereocenters. The fraction of sp³-hybridized carbons (Fsp3) is 0.0833. The second kappa shape index (κ2) is 4.69. The zero-order valence-electron chi connectivity index (χ0n) is 9.17. The summed E-state index contributed by atoms with van der Waals surface area (Å²) in [6.07, 6.45) is 4.45. The molecule has 17 heavy (non-hydrogen) atoms. The van der Waals surface area contributed by atoms with Gasteiger partial charge in [0.15, 0.2) is 0 Å². The van der Waals surface area contributed by atoms with Crippen LogP contribution in [0.2, 0.25) is 0 Å². The van der Waals surface area contributed by atoms with Crippen molar-refractivity contribution in [2.45, 2.75) is 0 Å². The molecule has 0 bridgehead atoms. The molecular weight excluding hydrogens is 221 g/mol. The predicted molar refractivity (Wildman–Crippen MR) is 61.2 cm³/mol. The van der Waals surface area contributed by atoms with Gasteiger partial charge >= 0.3 is 0 Å². The lowest BCUT2D eigenvalue weighted by Crippen LogP contribution is -2.26. The number of hydrogen-bond donors (Lipinski definition) is 0. The molecule has 2 rings (SSSR count). The summed E-state index contributed by atoms with van der Waals surface area (Å²) >= 11 is 0. The van der Waals surface area contributed by atoms with Crippen molar-refractivity contribution in [2.75, 3.05) is 11.9 Å². The molecule has 0 N–H and O–H groups in total. The van der Waals surface area contributed by atoms with Crippen LogP contribution in [-0.2, 0) is 0 Å². The van der Waals surface area contributed by atoms with E-state index in [0.717, 1.165) is 6.07 Å². The van der Waals surface area contributed by atoms with Crippen molar-refractivity contribution in [1.29, 1.82) is 0 Å². The first-order valence-electron chi connectivity index (χ1n) is 4.98. The van der Waals surface area contributed by atoms with Crippen molar-refractivity contribution in [1.82, 2.24) is 9.97 Å². The number of anilines is 1. The van der Waals surface area contributed by atoms with Gasteiger partial charge in [0.05, 0.1) is 11.9 Å². The van der Waals surface area contributed by atoms with Crippen LogP contribution in [0, 0.1) is 5.95 Å². The lowest BCUT2D eigenvalue weighted by Gasteiger charge is -2.16. The fourth-order valence-corrected chi connectivity index (χ4v) is 1.40. The molecule has 0 fully saturated rings. The van der Waals surface area contributed by atoms with Gasteiger partial charge in [-0.05, 0) is 18.2 Å². The third-order valence-electron chi connectivity index (χ3n) is 2.31. The van der Waals surface area contributed by atoms with Gasteiger partial charge in [-0.15, -0.1) is 0 Å². The van der Waals surface area contributed by atoms with Crippen molar-refractivity contribution in [2.24, 2.45) is 0 Å². The Morgan fingerprint density at radius 2 is 2.18 bits per heavy atom. The van der Waals surface area contributed by atoms with Crippen LogP contribution >= 0.6 is 0 Å². The van der Waals surface area contributed by atoms with E-state index in [1.54, 1.807) is 31.6 Å². The standard InChI is InChI=1S/C12H10FN3O/c1-16(10-3-2-5-14-8-10)12(17)9-4-6-15-11(13)7-9/h2-8H,1H3. The molecule has 5 heteroatoms. The Kier molecular flexibility index (Phi) is 3.09. The molecule has 2 heterocycles. The largest absolute Gasteiger partial charge is 0.310 e. The monoisotopic (exact) mass is 231 g/mol. The number of pyridine rings is 2. The molecule has 0 aliphatic rings. The topological polar surface area (TPSA) is 46.1 Å². The van der Waals surface area contributed by atoms with Gasteiger partial charge in [0.25, 0.3) is 5.91 Å². The summed E-state index contributed by atoms with van der Waals surface area (Å²) in [5.74, 6) is -0.977. The zero-order valence-corrected chi connectivity index (χ0v) is 9.17. The summed E-state index contributed by atoms with van der Waals surface area (Å²) in [5.41, 5.74) is 0.901. The molecule has 0 radical (unpaired) electrons. The number of carbonyl (C=O) groups is 1. The maximum atomic E-state index is 12.9. The molecule has 1 amide bonds. The van der Waals surface area contributed by atoms with Gasteiger partial charge in [-0.3, -0.25) is 9.78 Å². The SMILES string of the molecule is CN(C(=O)c1ccnc(F)c1)c1cccnc1. The molecule has 0 spiro atoms. The van der Waals surface area contributed by atoms with Gasteiger partial charge in [0.2, 0.25) is 5.95 Å². The maximum Gasteiger partial charge on any atom is 0.258 e. The smallest absolute Gasteiger partial charge is 0.258 e. The van der Waals surface area contributed by atoms with Gasteiger partial charge in [0.1, 0.15) is 0 Å². The molecule has 0 unspecified atom stereocenters. The number of carbonyl (C=O) groups excluding carboxylic acids is 1. The van der Waals surface area contributed by atoms with E-state index in [-0.39, 0.29) is 11.5 Å². The first-order chi connectivity index (χ1) is 8.18. The molecule has 0 aliphatic heterocycles. The molecule has 2 aromatic heterocycles.